The van der Waals surface area contributed by atoms with E-state index in [9.17, 15) is 9.90 Å². The second-order valence-corrected chi connectivity index (χ2v) is 6.90. The number of ether oxygens (including phenoxy) is 3. The maximum Gasteiger partial charge on any atom is 0.262 e. The fourth-order valence-electron chi connectivity index (χ4n) is 3.12. The molecule has 1 heterocycles. The second-order valence-electron chi connectivity index (χ2n) is 6.90. The Morgan fingerprint density at radius 3 is 2.62 bits per heavy atom. The summed E-state index contributed by atoms with van der Waals surface area (Å²) in [4.78, 5) is 14.4. The van der Waals surface area contributed by atoms with Gasteiger partial charge in [-0.25, -0.2) is 0 Å². The fraction of sp³-hybridized carbons (Fsp3) is 0.409. The largest absolute Gasteiger partial charge is 0.497 e. The van der Waals surface area contributed by atoms with Gasteiger partial charge in [-0.3, -0.25) is 9.69 Å². The summed E-state index contributed by atoms with van der Waals surface area (Å²) in [7, 11) is 1.58. The molecular formula is C22H28N2O5. The van der Waals surface area contributed by atoms with Gasteiger partial charge in [-0.1, -0.05) is 18.2 Å². The molecule has 1 atom stereocenters. The normalized spacial score (nSPS) is 15.5. The molecule has 3 rings (SSSR count). The summed E-state index contributed by atoms with van der Waals surface area (Å²) in [6.07, 6.45) is 0.138. The summed E-state index contributed by atoms with van der Waals surface area (Å²) in [6.45, 7) is 4.07. The van der Waals surface area contributed by atoms with Crippen molar-refractivity contribution in [1.82, 2.24) is 4.90 Å². The summed E-state index contributed by atoms with van der Waals surface area (Å²) in [5.74, 6) is 0.984. The molecule has 1 fully saturated rings. The van der Waals surface area contributed by atoms with Crippen molar-refractivity contribution in [2.75, 3.05) is 51.9 Å². The zero-order valence-corrected chi connectivity index (χ0v) is 16.7. The Balaban J connectivity index is 1.43. The Morgan fingerprint density at radius 1 is 1.17 bits per heavy atom. The lowest BCUT2D eigenvalue weighted by molar-refractivity contribution is -0.118. The number of methoxy groups -OCH3 is 1. The number of amides is 1. The summed E-state index contributed by atoms with van der Waals surface area (Å²) in [6, 6.07) is 14.3. The lowest BCUT2D eigenvalue weighted by atomic mass is 10.1. The maximum absolute atomic E-state index is 12.1. The summed E-state index contributed by atoms with van der Waals surface area (Å²) in [5.41, 5.74) is 1.50. The molecule has 1 saturated heterocycles. The second kappa shape index (κ2) is 10.8. The average molecular weight is 400 g/mol. The molecule has 2 N–H and O–H groups in total. The van der Waals surface area contributed by atoms with E-state index < -0.39 is 6.10 Å². The first-order valence-electron chi connectivity index (χ1n) is 9.79. The standard InChI is InChI=1S/C22H28N2O5/c1-27-19-3-2-4-20(15-19)29-16-22(26)23-18-7-5-17(6-8-18)21(25)9-10-24-11-13-28-14-12-24/h2-8,15,21,25H,9-14,16H2,1H3,(H,23,26). The average Bonchev–Trinajstić information content (AvgIpc) is 2.77. The number of aliphatic hydroxyl groups excluding tert-OH is 1. The van der Waals surface area contributed by atoms with Gasteiger partial charge < -0.3 is 24.6 Å². The number of nitrogens with one attached hydrogen (secondary N) is 1. The quantitative estimate of drug-likeness (QED) is 0.673. The van der Waals surface area contributed by atoms with E-state index in [-0.39, 0.29) is 12.5 Å². The van der Waals surface area contributed by atoms with Crippen molar-refractivity contribution in [3.8, 4) is 11.5 Å². The van der Waals surface area contributed by atoms with Crippen LogP contribution < -0.4 is 14.8 Å². The van der Waals surface area contributed by atoms with Crippen molar-refractivity contribution in [3.05, 3.63) is 54.1 Å². The van der Waals surface area contributed by atoms with E-state index in [0.717, 1.165) is 38.4 Å². The molecule has 2 aromatic rings. The summed E-state index contributed by atoms with van der Waals surface area (Å²) in [5, 5.41) is 13.2. The third kappa shape index (κ3) is 6.74. The molecule has 1 amide bonds. The minimum absolute atomic E-state index is 0.100. The van der Waals surface area contributed by atoms with Crippen molar-refractivity contribution >= 4 is 11.6 Å². The molecule has 0 aliphatic carbocycles. The molecule has 29 heavy (non-hydrogen) atoms. The van der Waals surface area contributed by atoms with Crippen LogP contribution in [0.1, 0.15) is 18.1 Å². The summed E-state index contributed by atoms with van der Waals surface area (Å²) < 4.78 is 16.0. The highest BCUT2D eigenvalue weighted by molar-refractivity contribution is 5.91. The molecule has 7 nitrogen and oxygen atoms in total. The number of hydrogen-bond donors (Lipinski definition) is 2. The number of carbonyl (C=O) groups is 1. The van der Waals surface area contributed by atoms with Crippen LogP contribution in [0.25, 0.3) is 0 Å². The monoisotopic (exact) mass is 400 g/mol. The highest BCUT2D eigenvalue weighted by atomic mass is 16.5. The van der Waals surface area contributed by atoms with E-state index in [2.05, 4.69) is 10.2 Å². The number of rotatable bonds is 9. The molecular weight excluding hydrogens is 372 g/mol. The van der Waals surface area contributed by atoms with Gasteiger partial charge in [0.2, 0.25) is 0 Å². The van der Waals surface area contributed by atoms with Gasteiger partial charge >= 0.3 is 0 Å². The number of morpholine rings is 1. The summed E-state index contributed by atoms with van der Waals surface area (Å²) >= 11 is 0. The lowest BCUT2D eigenvalue weighted by Crippen LogP contribution is -2.37. The Kier molecular flexibility index (Phi) is 7.86. The van der Waals surface area contributed by atoms with Gasteiger partial charge in [0.15, 0.2) is 6.61 Å². The highest BCUT2D eigenvalue weighted by Gasteiger charge is 2.14. The predicted molar refractivity (Wildman–Crippen MR) is 110 cm³/mol. The smallest absolute Gasteiger partial charge is 0.262 e. The van der Waals surface area contributed by atoms with Crippen molar-refractivity contribution in [2.24, 2.45) is 0 Å². The Morgan fingerprint density at radius 2 is 1.90 bits per heavy atom. The molecule has 2 aromatic carbocycles. The lowest BCUT2D eigenvalue weighted by Gasteiger charge is -2.27. The van der Waals surface area contributed by atoms with Gasteiger partial charge in [0.05, 0.1) is 26.4 Å². The molecule has 1 aliphatic heterocycles. The van der Waals surface area contributed by atoms with Crippen LogP contribution >= 0.6 is 0 Å². The van der Waals surface area contributed by atoms with E-state index in [1.54, 1.807) is 37.4 Å². The van der Waals surface area contributed by atoms with E-state index in [1.807, 2.05) is 18.2 Å². The number of benzene rings is 2. The van der Waals surface area contributed by atoms with Crippen LogP contribution in [-0.4, -0.2) is 62.5 Å². The predicted octanol–water partition coefficient (Wildman–Crippen LogP) is 2.47. The Hall–Kier alpha value is -2.61. The molecule has 0 aromatic heterocycles. The molecule has 0 bridgehead atoms. The first kappa shape index (κ1) is 21.1. The third-order valence-electron chi connectivity index (χ3n) is 4.81. The van der Waals surface area contributed by atoms with Gasteiger partial charge in [-0.05, 0) is 36.2 Å². The molecule has 0 saturated carbocycles. The van der Waals surface area contributed by atoms with Crippen LogP contribution in [-0.2, 0) is 9.53 Å². The van der Waals surface area contributed by atoms with E-state index >= 15 is 0 Å². The SMILES string of the molecule is COc1cccc(OCC(=O)Nc2ccc(C(O)CCN3CCOCC3)cc2)c1. The zero-order valence-electron chi connectivity index (χ0n) is 16.7. The Labute approximate surface area is 171 Å². The van der Waals surface area contributed by atoms with Crippen molar-refractivity contribution in [2.45, 2.75) is 12.5 Å². The molecule has 1 unspecified atom stereocenters. The minimum atomic E-state index is -0.529. The Bertz CT molecular complexity index is 775. The molecule has 1 aliphatic rings. The van der Waals surface area contributed by atoms with Crippen LogP contribution in [0.4, 0.5) is 5.69 Å². The fourth-order valence-corrected chi connectivity index (χ4v) is 3.12. The highest BCUT2D eigenvalue weighted by Crippen LogP contribution is 2.21. The van der Waals surface area contributed by atoms with Crippen LogP contribution in [0.5, 0.6) is 11.5 Å². The maximum atomic E-state index is 12.1. The van der Waals surface area contributed by atoms with Crippen LogP contribution in [0.2, 0.25) is 0 Å². The van der Waals surface area contributed by atoms with Gasteiger partial charge in [0.1, 0.15) is 11.5 Å². The topological polar surface area (TPSA) is 80.3 Å². The van der Waals surface area contributed by atoms with E-state index in [0.29, 0.717) is 23.6 Å². The first-order valence-corrected chi connectivity index (χ1v) is 9.79. The first-order chi connectivity index (χ1) is 14.1. The van der Waals surface area contributed by atoms with Crippen molar-refractivity contribution in [1.29, 1.82) is 0 Å². The van der Waals surface area contributed by atoms with Gasteiger partial charge in [0, 0.05) is 31.4 Å². The van der Waals surface area contributed by atoms with Gasteiger partial charge in [0.25, 0.3) is 5.91 Å². The number of carbonyl (C=O) groups excluding carboxylic acids is 1. The van der Waals surface area contributed by atoms with E-state index in [4.69, 9.17) is 14.2 Å². The van der Waals surface area contributed by atoms with Crippen molar-refractivity contribution in [3.63, 3.8) is 0 Å². The minimum Gasteiger partial charge on any atom is -0.497 e. The molecule has 156 valence electrons. The number of aliphatic hydroxyl groups is 1. The van der Waals surface area contributed by atoms with Gasteiger partial charge in [-0.2, -0.15) is 0 Å². The molecule has 0 radical (unpaired) electrons. The number of nitrogens with zero attached hydrogens (tertiary/aromatic N) is 1. The van der Waals surface area contributed by atoms with Crippen molar-refractivity contribution < 1.29 is 24.1 Å². The molecule has 7 heteroatoms. The van der Waals surface area contributed by atoms with E-state index in [1.165, 1.54) is 0 Å². The van der Waals surface area contributed by atoms with Crippen LogP contribution in [0.15, 0.2) is 48.5 Å². The number of anilines is 1. The molecule has 0 spiro atoms. The van der Waals surface area contributed by atoms with Crippen LogP contribution in [0, 0.1) is 0 Å². The zero-order chi connectivity index (χ0) is 20.5. The van der Waals surface area contributed by atoms with Crippen LogP contribution in [0.3, 0.4) is 0 Å². The number of hydrogen-bond acceptors (Lipinski definition) is 6. The van der Waals surface area contributed by atoms with Gasteiger partial charge in [-0.15, -0.1) is 0 Å². The third-order valence-corrected chi connectivity index (χ3v) is 4.81.